The molecule has 2 fully saturated rings. The molecule has 4 amide bonds. The molecule has 1 saturated carbocycles. The Labute approximate surface area is 143 Å². The van der Waals surface area contributed by atoms with Gasteiger partial charge in [0.05, 0.1) is 10.4 Å². The van der Waals surface area contributed by atoms with Crippen LogP contribution in [0.15, 0.2) is 12.1 Å². The first-order chi connectivity index (χ1) is 10.8. The van der Waals surface area contributed by atoms with Crippen LogP contribution in [0.3, 0.4) is 0 Å². The maximum Gasteiger partial charge on any atom is 0.325 e. The van der Waals surface area contributed by atoms with Crippen molar-refractivity contribution in [3.05, 3.63) is 21.3 Å². The molecule has 3 rings (SSSR count). The van der Waals surface area contributed by atoms with Crippen molar-refractivity contribution < 1.29 is 14.4 Å². The fraction of sp³-hybridized carbons (Fsp3) is 0.533. The molecule has 2 atom stereocenters. The van der Waals surface area contributed by atoms with Crippen LogP contribution in [0.2, 0.25) is 4.34 Å². The van der Waals surface area contributed by atoms with Gasteiger partial charge in [-0.1, -0.05) is 11.6 Å². The van der Waals surface area contributed by atoms with Crippen molar-refractivity contribution in [1.82, 2.24) is 15.5 Å². The van der Waals surface area contributed by atoms with Crippen molar-refractivity contribution in [3.63, 3.8) is 0 Å². The number of carbonyl (C=O) groups is 3. The summed E-state index contributed by atoms with van der Waals surface area (Å²) < 4.78 is 0.649. The van der Waals surface area contributed by atoms with Crippen molar-refractivity contribution in [1.29, 1.82) is 0 Å². The van der Waals surface area contributed by atoms with E-state index >= 15 is 0 Å². The highest BCUT2D eigenvalue weighted by Gasteiger charge is 2.56. The summed E-state index contributed by atoms with van der Waals surface area (Å²) in [7, 11) is 0. The highest BCUT2D eigenvalue weighted by atomic mass is 35.5. The zero-order valence-electron chi connectivity index (χ0n) is 12.9. The van der Waals surface area contributed by atoms with Gasteiger partial charge < -0.3 is 10.6 Å². The van der Waals surface area contributed by atoms with Gasteiger partial charge in [0.2, 0.25) is 5.91 Å². The minimum atomic E-state index is -0.857. The van der Waals surface area contributed by atoms with Crippen LogP contribution >= 0.6 is 22.9 Å². The summed E-state index contributed by atoms with van der Waals surface area (Å²) in [4.78, 5) is 38.6. The molecule has 0 bridgehead atoms. The molecule has 2 unspecified atom stereocenters. The molecule has 1 saturated heterocycles. The third kappa shape index (κ3) is 3.07. The average Bonchev–Trinajstić information content (AvgIpc) is 3.21. The minimum Gasteiger partial charge on any atom is -0.347 e. The third-order valence-corrected chi connectivity index (χ3v) is 5.81. The second kappa shape index (κ2) is 5.79. The van der Waals surface area contributed by atoms with Gasteiger partial charge in [0.1, 0.15) is 12.1 Å². The summed E-state index contributed by atoms with van der Waals surface area (Å²) >= 11 is 7.27. The van der Waals surface area contributed by atoms with Crippen molar-refractivity contribution in [2.75, 3.05) is 6.54 Å². The van der Waals surface area contributed by atoms with Crippen LogP contribution in [-0.2, 0) is 9.59 Å². The van der Waals surface area contributed by atoms with Crippen LogP contribution in [0.5, 0.6) is 0 Å². The van der Waals surface area contributed by atoms with E-state index in [0.717, 1.165) is 22.6 Å². The molecule has 1 aliphatic carbocycles. The summed E-state index contributed by atoms with van der Waals surface area (Å²) in [6, 6.07) is 2.89. The van der Waals surface area contributed by atoms with Crippen molar-refractivity contribution in [2.45, 2.75) is 38.3 Å². The van der Waals surface area contributed by atoms with Crippen LogP contribution in [0, 0.1) is 5.92 Å². The molecule has 8 heteroatoms. The standard InChI is InChI=1S/C15H18ClN3O3S/c1-8(10-5-6-11(16)23-10)17-12(20)7-19-13(21)15(2,9-3-4-9)18-14(19)22/h5-6,8-9H,3-4,7H2,1-2H3,(H,17,20)(H,18,22). The summed E-state index contributed by atoms with van der Waals surface area (Å²) in [6.45, 7) is 3.30. The van der Waals surface area contributed by atoms with Gasteiger partial charge in [-0.3, -0.25) is 14.5 Å². The van der Waals surface area contributed by atoms with Crippen LogP contribution in [0.25, 0.3) is 0 Å². The number of halogens is 1. The quantitative estimate of drug-likeness (QED) is 0.795. The van der Waals surface area contributed by atoms with E-state index in [-0.39, 0.29) is 30.3 Å². The largest absolute Gasteiger partial charge is 0.347 e. The summed E-state index contributed by atoms with van der Waals surface area (Å²) in [6.07, 6.45) is 1.86. The average molecular weight is 356 g/mol. The number of rotatable bonds is 5. The maximum absolute atomic E-state index is 12.5. The van der Waals surface area contributed by atoms with Gasteiger partial charge in [0, 0.05) is 4.88 Å². The van der Waals surface area contributed by atoms with E-state index in [0.29, 0.717) is 4.34 Å². The normalized spacial score (nSPS) is 25.4. The smallest absolute Gasteiger partial charge is 0.325 e. The van der Waals surface area contributed by atoms with E-state index in [4.69, 9.17) is 11.6 Å². The number of nitrogens with zero attached hydrogens (tertiary/aromatic N) is 1. The Hall–Kier alpha value is -1.60. The predicted molar refractivity (Wildman–Crippen MR) is 87.3 cm³/mol. The Kier molecular flexibility index (Phi) is 4.10. The minimum absolute atomic E-state index is 0.180. The van der Waals surface area contributed by atoms with Crippen LogP contribution in [0.4, 0.5) is 4.79 Å². The van der Waals surface area contributed by atoms with Crippen molar-refractivity contribution >= 4 is 40.8 Å². The number of thiophene rings is 1. The van der Waals surface area contributed by atoms with Gasteiger partial charge in [-0.2, -0.15) is 0 Å². The lowest BCUT2D eigenvalue weighted by atomic mass is 9.96. The van der Waals surface area contributed by atoms with E-state index in [1.165, 1.54) is 11.3 Å². The number of imide groups is 1. The van der Waals surface area contributed by atoms with E-state index in [9.17, 15) is 14.4 Å². The van der Waals surface area contributed by atoms with E-state index < -0.39 is 11.6 Å². The molecule has 1 aromatic heterocycles. The van der Waals surface area contributed by atoms with Crippen molar-refractivity contribution in [3.8, 4) is 0 Å². The molecular weight excluding hydrogens is 338 g/mol. The molecule has 124 valence electrons. The SMILES string of the molecule is CC(NC(=O)CN1C(=O)NC(C)(C2CC2)C1=O)c1ccc(Cl)s1. The number of amides is 4. The maximum atomic E-state index is 12.5. The number of carbonyl (C=O) groups excluding carboxylic acids is 3. The molecule has 0 spiro atoms. The molecule has 1 aromatic rings. The van der Waals surface area contributed by atoms with Crippen LogP contribution < -0.4 is 10.6 Å². The Morgan fingerprint density at radius 3 is 2.78 bits per heavy atom. The van der Waals surface area contributed by atoms with Gasteiger partial charge >= 0.3 is 6.03 Å². The molecule has 2 N–H and O–H groups in total. The zero-order valence-corrected chi connectivity index (χ0v) is 14.5. The molecule has 0 aromatic carbocycles. The number of nitrogens with one attached hydrogen (secondary N) is 2. The fourth-order valence-electron chi connectivity index (χ4n) is 2.86. The van der Waals surface area contributed by atoms with E-state index in [1.807, 2.05) is 13.0 Å². The Morgan fingerprint density at radius 1 is 1.52 bits per heavy atom. The summed E-state index contributed by atoms with van der Waals surface area (Å²) in [5.74, 6) is -0.503. The predicted octanol–water partition coefficient (Wildman–Crippen LogP) is 2.30. The van der Waals surface area contributed by atoms with Gasteiger partial charge in [-0.25, -0.2) is 4.79 Å². The number of hydrogen-bond acceptors (Lipinski definition) is 4. The highest BCUT2D eigenvalue weighted by molar-refractivity contribution is 7.16. The second-order valence-electron chi connectivity index (χ2n) is 6.23. The zero-order chi connectivity index (χ0) is 16.8. The highest BCUT2D eigenvalue weighted by Crippen LogP contribution is 2.42. The van der Waals surface area contributed by atoms with Crippen LogP contribution in [0.1, 0.15) is 37.6 Å². The van der Waals surface area contributed by atoms with E-state index in [2.05, 4.69) is 10.6 Å². The number of hydrogen-bond donors (Lipinski definition) is 2. The molecule has 2 heterocycles. The molecule has 2 aliphatic rings. The first-order valence-corrected chi connectivity index (χ1v) is 8.69. The second-order valence-corrected chi connectivity index (χ2v) is 7.98. The molecule has 0 radical (unpaired) electrons. The topological polar surface area (TPSA) is 78.5 Å². The van der Waals surface area contributed by atoms with Crippen molar-refractivity contribution in [2.24, 2.45) is 5.92 Å². The Bertz CT molecular complexity index is 673. The molecular formula is C15H18ClN3O3S. The molecule has 1 aliphatic heterocycles. The third-order valence-electron chi connectivity index (χ3n) is 4.40. The first-order valence-electron chi connectivity index (χ1n) is 7.50. The summed E-state index contributed by atoms with van der Waals surface area (Å²) in [5.41, 5.74) is -0.857. The van der Waals surface area contributed by atoms with Gasteiger partial charge in [-0.15, -0.1) is 11.3 Å². The lowest BCUT2D eigenvalue weighted by Gasteiger charge is -2.21. The summed E-state index contributed by atoms with van der Waals surface area (Å²) in [5, 5.41) is 5.52. The fourth-order valence-corrected chi connectivity index (χ4v) is 3.92. The Morgan fingerprint density at radius 2 is 2.22 bits per heavy atom. The monoisotopic (exact) mass is 355 g/mol. The first kappa shape index (κ1) is 16.3. The van der Waals surface area contributed by atoms with Crippen LogP contribution in [-0.4, -0.2) is 34.8 Å². The molecule has 23 heavy (non-hydrogen) atoms. The molecule has 6 nitrogen and oxygen atoms in total. The lowest BCUT2D eigenvalue weighted by Crippen LogP contribution is -2.47. The van der Waals surface area contributed by atoms with Gasteiger partial charge in [0.15, 0.2) is 0 Å². The van der Waals surface area contributed by atoms with Gasteiger partial charge in [0.25, 0.3) is 5.91 Å². The number of urea groups is 1. The lowest BCUT2D eigenvalue weighted by molar-refractivity contribution is -0.135. The van der Waals surface area contributed by atoms with E-state index in [1.54, 1.807) is 13.0 Å². The van der Waals surface area contributed by atoms with Gasteiger partial charge in [-0.05, 0) is 44.7 Å². The Balaban J connectivity index is 1.61.